The smallest absolute Gasteiger partial charge is 0.251 e. The number of carbonyl (C=O) groups is 1. The Labute approximate surface area is 143 Å². The van der Waals surface area contributed by atoms with E-state index in [1.54, 1.807) is 25.6 Å². The molecule has 122 valence electrons. The van der Waals surface area contributed by atoms with Crippen LogP contribution in [-0.4, -0.2) is 33.0 Å². The van der Waals surface area contributed by atoms with Gasteiger partial charge in [-0.2, -0.15) is 0 Å². The van der Waals surface area contributed by atoms with Gasteiger partial charge in [0.05, 0.1) is 19.0 Å². The maximum Gasteiger partial charge on any atom is 0.251 e. The summed E-state index contributed by atoms with van der Waals surface area (Å²) in [5.74, 6) is 1.39. The molecule has 1 saturated carbocycles. The first-order chi connectivity index (χ1) is 11.8. The van der Waals surface area contributed by atoms with E-state index in [0.29, 0.717) is 17.4 Å². The van der Waals surface area contributed by atoms with Crippen molar-refractivity contribution in [2.75, 3.05) is 7.11 Å². The van der Waals surface area contributed by atoms with Crippen molar-refractivity contribution in [1.29, 1.82) is 0 Å². The fraction of sp³-hybridized carbons (Fsp3) is 0.235. The molecule has 1 aliphatic rings. The zero-order chi connectivity index (χ0) is 16.5. The minimum atomic E-state index is -0.0553. The lowest BCUT2D eigenvalue weighted by Gasteiger charge is -2.13. The second kappa shape index (κ2) is 6.09. The lowest BCUT2D eigenvalue weighted by molar-refractivity contribution is 0.0951. The van der Waals surface area contributed by atoms with Crippen molar-refractivity contribution in [2.45, 2.75) is 18.9 Å². The molecule has 1 N–H and O–H groups in total. The quantitative estimate of drug-likeness (QED) is 0.775. The SMILES string of the molecule is COc1ccc(C(=O)NC2CC2)cc1-n1ccnc1-c1cnsc1. The van der Waals surface area contributed by atoms with Crippen LogP contribution in [-0.2, 0) is 0 Å². The van der Waals surface area contributed by atoms with Gasteiger partial charge in [-0.25, -0.2) is 9.36 Å². The number of ether oxygens (including phenoxy) is 1. The van der Waals surface area contributed by atoms with Crippen molar-refractivity contribution < 1.29 is 9.53 Å². The number of hydrogen-bond acceptors (Lipinski definition) is 5. The summed E-state index contributed by atoms with van der Waals surface area (Å²) in [6.07, 6.45) is 7.48. The molecule has 7 heteroatoms. The molecule has 0 atom stereocenters. The highest BCUT2D eigenvalue weighted by Crippen LogP contribution is 2.29. The Bertz CT molecular complexity index is 869. The molecule has 0 saturated heterocycles. The van der Waals surface area contributed by atoms with Gasteiger partial charge in [0.2, 0.25) is 0 Å². The van der Waals surface area contributed by atoms with Crippen LogP contribution in [0.25, 0.3) is 17.1 Å². The van der Waals surface area contributed by atoms with E-state index in [9.17, 15) is 4.79 Å². The molecule has 1 aliphatic carbocycles. The largest absolute Gasteiger partial charge is 0.495 e. The first-order valence-corrected chi connectivity index (χ1v) is 8.52. The molecule has 1 aromatic carbocycles. The van der Waals surface area contributed by atoms with E-state index in [-0.39, 0.29) is 5.91 Å². The molecule has 0 unspecified atom stereocenters. The number of imidazole rings is 1. The highest BCUT2D eigenvalue weighted by molar-refractivity contribution is 7.03. The minimum absolute atomic E-state index is 0.0553. The van der Waals surface area contributed by atoms with Gasteiger partial charge in [-0.3, -0.25) is 9.36 Å². The number of amides is 1. The molecule has 6 nitrogen and oxygen atoms in total. The predicted molar refractivity (Wildman–Crippen MR) is 91.7 cm³/mol. The van der Waals surface area contributed by atoms with Crippen molar-refractivity contribution in [3.05, 3.63) is 47.7 Å². The second-order valence-electron chi connectivity index (χ2n) is 5.67. The molecule has 1 fully saturated rings. The number of carbonyl (C=O) groups excluding carboxylic acids is 1. The van der Waals surface area contributed by atoms with Crippen LogP contribution in [0, 0.1) is 0 Å². The van der Waals surface area contributed by atoms with Crippen LogP contribution in [0.2, 0.25) is 0 Å². The third-order valence-electron chi connectivity index (χ3n) is 3.94. The zero-order valence-electron chi connectivity index (χ0n) is 13.1. The van der Waals surface area contributed by atoms with Gasteiger partial charge in [0.25, 0.3) is 5.91 Å². The third-order valence-corrected chi connectivity index (χ3v) is 4.53. The van der Waals surface area contributed by atoms with E-state index in [1.165, 1.54) is 11.5 Å². The molecular formula is C17H16N4O2S. The Morgan fingerprint density at radius 2 is 2.29 bits per heavy atom. The number of nitrogens with zero attached hydrogens (tertiary/aromatic N) is 3. The van der Waals surface area contributed by atoms with Gasteiger partial charge in [0.15, 0.2) is 0 Å². The summed E-state index contributed by atoms with van der Waals surface area (Å²) in [6, 6.07) is 5.75. The molecule has 4 rings (SSSR count). The van der Waals surface area contributed by atoms with E-state index in [4.69, 9.17) is 4.74 Å². The van der Waals surface area contributed by atoms with E-state index < -0.39 is 0 Å². The van der Waals surface area contributed by atoms with Gasteiger partial charge in [-0.05, 0) is 42.6 Å². The number of benzene rings is 1. The van der Waals surface area contributed by atoms with Crippen LogP contribution in [0.4, 0.5) is 0 Å². The topological polar surface area (TPSA) is 69.0 Å². The summed E-state index contributed by atoms with van der Waals surface area (Å²) < 4.78 is 11.5. The number of methoxy groups -OCH3 is 1. The summed E-state index contributed by atoms with van der Waals surface area (Å²) in [5, 5.41) is 4.95. The predicted octanol–water partition coefficient (Wildman–Crippen LogP) is 2.90. The average molecular weight is 340 g/mol. The molecule has 3 aromatic rings. The monoisotopic (exact) mass is 340 g/mol. The zero-order valence-corrected chi connectivity index (χ0v) is 13.9. The summed E-state index contributed by atoms with van der Waals surface area (Å²) in [4.78, 5) is 16.8. The van der Waals surface area contributed by atoms with E-state index in [1.807, 2.05) is 28.3 Å². The lowest BCUT2D eigenvalue weighted by atomic mass is 10.1. The normalized spacial score (nSPS) is 13.7. The Morgan fingerprint density at radius 1 is 1.42 bits per heavy atom. The van der Waals surface area contributed by atoms with Gasteiger partial charge >= 0.3 is 0 Å². The second-order valence-corrected chi connectivity index (χ2v) is 6.33. The summed E-state index contributed by atoms with van der Waals surface area (Å²) in [7, 11) is 1.62. The van der Waals surface area contributed by atoms with Gasteiger partial charge in [0.1, 0.15) is 11.6 Å². The van der Waals surface area contributed by atoms with E-state index >= 15 is 0 Å². The minimum Gasteiger partial charge on any atom is -0.495 e. The fourth-order valence-electron chi connectivity index (χ4n) is 2.54. The molecule has 0 bridgehead atoms. The number of nitrogens with one attached hydrogen (secondary N) is 1. The van der Waals surface area contributed by atoms with Crippen molar-refractivity contribution >= 4 is 17.4 Å². The number of aromatic nitrogens is 3. The molecular weight excluding hydrogens is 324 g/mol. The number of rotatable bonds is 5. The maximum atomic E-state index is 12.3. The van der Waals surface area contributed by atoms with Crippen LogP contribution in [0.1, 0.15) is 23.2 Å². The molecule has 24 heavy (non-hydrogen) atoms. The fourth-order valence-corrected chi connectivity index (χ4v) is 3.06. The maximum absolute atomic E-state index is 12.3. The van der Waals surface area contributed by atoms with Gasteiger partial charge in [0, 0.05) is 34.9 Å². The number of hydrogen-bond donors (Lipinski definition) is 1. The van der Waals surface area contributed by atoms with Crippen LogP contribution >= 0.6 is 11.5 Å². The summed E-state index contributed by atoms with van der Waals surface area (Å²) in [5.41, 5.74) is 2.32. The molecule has 0 spiro atoms. The van der Waals surface area contributed by atoms with E-state index in [2.05, 4.69) is 14.7 Å². The first kappa shape index (κ1) is 14.9. The van der Waals surface area contributed by atoms with Gasteiger partial charge in [-0.1, -0.05) is 0 Å². The molecule has 1 amide bonds. The molecule has 0 aliphatic heterocycles. The van der Waals surface area contributed by atoms with E-state index in [0.717, 1.165) is 29.9 Å². The Morgan fingerprint density at radius 3 is 3.00 bits per heavy atom. The van der Waals surface area contributed by atoms with Gasteiger partial charge < -0.3 is 10.1 Å². The highest BCUT2D eigenvalue weighted by Gasteiger charge is 2.24. The first-order valence-electron chi connectivity index (χ1n) is 7.68. The van der Waals surface area contributed by atoms with Gasteiger partial charge in [-0.15, -0.1) is 0 Å². The molecule has 2 heterocycles. The van der Waals surface area contributed by atoms with Crippen molar-refractivity contribution in [2.24, 2.45) is 0 Å². The van der Waals surface area contributed by atoms with Crippen molar-refractivity contribution in [3.63, 3.8) is 0 Å². The Hall–Kier alpha value is -2.67. The summed E-state index contributed by atoms with van der Waals surface area (Å²) in [6.45, 7) is 0. The van der Waals surface area contributed by atoms with Crippen LogP contribution < -0.4 is 10.1 Å². The lowest BCUT2D eigenvalue weighted by Crippen LogP contribution is -2.25. The highest BCUT2D eigenvalue weighted by atomic mass is 32.1. The third kappa shape index (κ3) is 2.78. The Balaban J connectivity index is 1.76. The van der Waals surface area contributed by atoms with Crippen LogP contribution in [0.5, 0.6) is 5.75 Å². The molecule has 0 radical (unpaired) electrons. The van der Waals surface area contributed by atoms with Crippen LogP contribution in [0.3, 0.4) is 0 Å². The van der Waals surface area contributed by atoms with Crippen molar-refractivity contribution in [3.8, 4) is 22.8 Å². The Kier molecular flexibility index (Phi) is 3.78. The molecule has 2 aromatic heterocycles. The van der Waals surface area contributed by atoms with Crippen molar-refractivity contribution in [1.82, 2.24) is 19.2 Å². The van der Waals surface area contributed by atoms with Crippen LogP contribution in [0.15, 0.2) is 42.2 Å². The summed E-state index contributed by atoms with van der Waals surface area (Å²) >= 11 is 1.37. The standard InChI is InChI=1S/C17H16N4O2S/c1-23-15-5-2-11(17(22)20-13-3-4-13)8-14(15)21-7-6-18-16(21)12-9-19-24-10-12/h2,5-10,13H,3-4H2,1H3,(H,20,22). The average Bonchev–Trinajstić information content (AvgIpc) is 3.07.